The number of carboxylic acids is 1. The minimum atomic E-state index is -1.06. The summed E-state index contributed by atoms with van der Waals surface area (Å²) in [6.07, 6.45) is 0. The number of carbonyl (C=O) groups excluding carboxylic acids is 2. The van der Waals surface area contributed by atoms with Crippen molar-refractivity contribution in [2.75, 3.05) is 20.2 Å². The van der Waals surface area contributed by atoms with Gasteiger partial charge in [-0.1, -0.05) is 6.07 Å². The lowest BCUT2D eigenvalue weighted by Gasteiger charge is -2.19. The van der Waals surface area contributed by atoms with E-state index < -0.39 is 23.2 Å². The third-order valence-electron chi connectivity index (χ3n) is 3.05. The smallest absolute Gasteiger partial charge is 0.310 e. The molecule has 0 aliphatic rings. The Hall–Kier alpha value is -2.57. The van der Waals surface area contributed by atoms with Gasteiger partial charge in [0.2, 0.25) is 5.91 Å². The summed E-state index contributed by atoms with van der Waals surface area (Å²) in [5.74, 6) is -1.33. The summed E-state index contributed by atoms with van der Waals surface area (Å²) < 4.78 is 5.01. The number of nitrogens with one attached hydrogen (secondary N) is 2. The van der Waals surface area contributed by atoms with Crippen LogP contribution in [0.3, 0.4) is 0 Å². The van der Waals surface area contributed by atoms with Crippen LogP contribution in [0, 0.1) is 5.41 Å². The van der Waals surface area contributed by atoms with Crippen molar-refractivity contribution in [3.8, 4) is 5.75 Å². The molecule has 0 aliphatic heterocycles. The van der Waals surface area contributed by atoms with Crippen LogP contribution in [0.5, 0.6) is 5.75 Å². The molecular weight excluding hydrogens is 288 g/mol. The summed E-state index contributed by atoms with van der Waals surface area (Å²) in [5, 5.41) is 13.9. The summed E-state index contributed by atoms with van der Waals surface area (Å²) in [4.78, 5) is 34.4. The Balaban J connectivity index is 2.47. The zero-order valence-corrected chi connectivity index (χ0v) is 12.8. The summed E-state index contributed by atoms with van der Waals surface area (Å²) in [5.41, 5.74) is -0.690. The Morgan fingerprint density at radius 3 is 2.50 bits per heavy atom. The predicted octanol–water partition coefficient (Wildman–Crippen LogP) is 0.652. The average Bonchev–Trinajstić information content (AvgIpc) is 2.50. The molecule has 0 atom stereocenters. The summed E-state index contributed by atoms with van der Waals surface area (Å²) in [6, 6.07) is 6.53. The van der Waals surface area contributed by atoms with Crippen molar-refractivity contribution in [3.05, 3.63) is 29.8 Å². The second kappa shape index (κ2) is 7.44. The number of rotatable bonds is 7. The Labute approximate surface area is 128 Å². The van der Waals surface area contributed by atoms with Crippen LogP contribution in [-0.4, -0.2) is 43.1 Å². The van der Waals surface area contributed by atoms with Crippen LogP contribution in [0.1, 0.15) is 24.2 Å². The van der Waals surface area contributed by atoms with Gasteiger partial charge in [0, 0.05) is 12.1 Å². The Morgan fingerprint density at radius 1 is 1.23 bits per heavy atom. The Kier molecular flexibility index (Phi) is 5.91. The van der Waals surface area contributed by atoms with Crippen molar-refractivity contribution in [2.45, 2.75) is 13.8 Å². The molecule has 0 radical (unpaired) electrons. The molecule has 0 spiro atoms. The van der Waals surface area contributed by atoms with Crippen LogP contribution < -0.4 is 15.4 Å². The van der Waals surface area contributed by atoms with E-state index >= 15 is 0 Å². The van der Waals surface area contributed by atoms with Gasteiger partial charge < -0.3 is 20.5 Å². The highest BCUT2D eigenvalue weighted by Gasteiger charge is 2.27. The zero-order chi connectivity index (χ0) is 16.8. The molecule has 0 unspecified atom stereocenters. The first-order valence-corrected chi connectivity index (χ1v) is 6.68. The van der Waals surface area contributed by atoms with Crippen LogP contribution in [-0.2, 0) is 9.59 Å². The molecule has 0 heterocycles. The fraction of sp³-hybridized carbons (Fsp3) is 0.400. The maximum atomic E-state index is 11.9. The van der Waals surface area contributed by atoms with Crippen molar-refractivity contribution < 1.29 is 24.2 Å². The number of methoxy groups -OCH3 is 1. The number of hydrogen-bond acceptors (Lipinski definition) is 4. The molecule has 3 N–H and O–H groups in total. The normalized spacial score (nSPS) is 10.7. The van der Waals surface area contributed by atoms with Crippen LogP contribution in [0.2, 0.25) is 0 Å². The zero-order valence-electron chi connectivity index (χ0n) is 12.8. The number of carbonyl (C=O) groups is 3. The SMILES string of the molecule is COc1cccc(C(=O)NCC(=O)NCC(C)(C)C(=O)O)c1. The van der Waals surface area contributed by atoms with E-state index in [4.69, 9.17) is 9.84 Å². The highest BCUT2D eigenvalue weighted by molar-refractivity contribution is 5.96. The van der Waals surface area contributed by atoms with Gasteiger partial charge in [0.1, 0.15) is 5.75 Å². The van der Waals surface area contributed by atoms with E-state index in [1.165, 1.54) is 21.0 Å². The highest BCUT2D eigenvalue weighted by atomic mass is 16.5. The van der Waals surface area contributed by atoms with Gasteiger partial charge in [-0.3, -0.25) is 14.4 Å². The van der Waals surface area contributed by atoms with E-state index in [0.717, 1.165) is 0 Å². The van der Waals surface area contributed by atoms with Crippen LogP contribution >= 0.6 is 0 Å². The Bertz CT molecular complexity index is 569. The Morgan fingerprint density at radius 2 is 1.91 bits per heavy atom. The van der Waals surface area contributed by atoms with Gasteiger partial charge >= 0.3 is 5.97 Å². The minimum absolute atomic E-state index is 0.0177. The molecule has 22 heavy (non-hydrogen) atoms. The highest BCUT2D eigenvalue weighted by Crippen LogP contribution is 2.13. The van der Waals surface area contributed by atoms with E-state index in [9.17, 15) is 14.4 Å². The molecule has 0 saturated carbocycles. The molecule has 1 aromatic carbocycles. The third kappa shape index (κ3) is 5.08. The standard InChI is InChI=1S/C15H20N2O5/c1-15(2,14(20)21)9-17-12(18)8-16-13(19)10-5-4-6-11(7-10)22-3/h4-7H,8-9H2,1-3H3,(H,16,19)(H,17,18)(H,20,21). The fourth-order valence-corrected chi connectivity index (χ4v) is 1.48. The molecule has 0 aliphatic carbocycles. The van der Waals surface area contributed by atoms with Crippen molar-refractivity contribution in [3.63, 3.8) is 0 Å². The van der Waals surface area contributed by atoms with E-state index in [-0.39, 0.29) is 13.1 Å². The topological polar surface area (TPSA) is 105 Å². The second-order valence-corrected chi connectivity index (χ2v) is 5.38. The molecule has 0 saturated heterocycles. The van der Waals surface area contributed by atoms with Gasteiger partial charge in [0.05, 0.1) is 19.1 Å². The van der Waals surface area contributed by atoms with Gasteiger partial charge in [0.15, 0.2) is 0 Å². The van der Waals surface area contributed by atoms with Gasteiger partial charge in [-0.05, 0) is 32.0 Å². The monoisotopic (exact) mass is 308 g/mol. The molecule has 1 aromatic rings. The lowest BCUT2D eigenvalue weighted by Crippen LogP contribution is -2.43. The van der Waals surface area contributed by atoms with Crippen LogP contribution in [0.4, 0.5) is 0 Å². The van der Waals surface area contributed by atoms with Crippen LogP contribution in [0.25, 0.3) is 0 Å². The van der Waals surface area contributed by atoms with Crippen molar-refractivity contribution in [1.82, 2.24) is 10.6 Å². The van der Waals surface area contributed by atoms with Crippen LogP contribution in [0.15, 0.2) is 24.3 Å². The molecule has 7 nitrogen and oxygen atoms in total. The predicted molar refractivity (Wildman–Crippen MR) is 79.8 cm³/mol. The number of amides is 2. The molecule has 120 valence electrons. The first-order valence-electron chi connectivity index (χ1n) is 6.68. The minimum Gasteiger partial charge on any atom is -0.497 e. The lowest BCUT2D eigenvalue weighted by atomic mass is 9.94. The number of carboxylic acid groups (broad SMARTS) is 1. The van der Waals surface area contributed by atoms with Gasteiger partial charge in [-0.2, -0.15) is 0 Å². The van der Waals surface area contributed by atoms with E-state index in [1.807, 2.05) is 0 Å². The summed E-state index contributed by atoms with van der Waals surface area (Å²) in [6.45, 7) is 2.76. The number of ether oxygens (including phenoxy) is 1. The van der Waals surface area contributed by atoms with Crippen molar-refractivity contribution in [1.29, 1.82) is 0 Å². The summed E-state index contributed by atoms with van der Waals surface area (Å²) >= 11 is 0. The molecule has 0 fully saturated rings. The quantitative estimate of drug-likeness (QED) is 0.686. The number of benzene rings is 1. The maximum absolute atomic E-state index is 11.9. The molecule has 0 bridgehead atoms. The fourth-order valence-electron chi connectivity index (χ4n) is 1.48. The molecular formula is C15H20N2O5. The largest absolute Gasteiger partial charge is 0.497 e. The number of hydrogen-bond donors (Lipinski definition) is 3. The van der Waals surface area contributed by atoms with E-state index in [0.29, 0.717) is 11.3 Å². The summed E-state index contributed by atoms with van der Waals surface area (Å²) in [7, 11) is 1.49. The van der Waals surface area contributed by atoms with Crippen molar-refractivity contribution in [2.24, 2.45) is 5.41 Å². The first-order chi connectivity index (χ1) is 10.3. The molecule has 1 rings (SSSR count). The van der Waals surface area contributed by atoms with E-state index in [2.05, 4.69) is 10.6 Å². The van der Waals surface area contributed by atoms with Gasteiger partial charge in [-0.15, -0.1) is 0 Å². The van der Waals surface area contributed by atoms with Gasteiger partial charge in [-0.25, -0.2) is 0 Å². The third-order valence-corrected chi connectivity index (χ3v) is 3.05. The first kappa shape index (κ1) is 17.5. The molecule has 2 amide bonds. The second-order valence-electron chi connectivity index (χ2n) is 5.38. The van der Waals surface area contributed by atoms with E-state index in [1.54, 1.807) is 24.3 Å². The number of aliphatic carboxylic acids is 1. The maximum Gasteiger partial charge on any atom is 0.310 e. The molecule has 7 heteroatoms. The lowest BCUT2D eigenvalue weighted by molar-refractivity contribution is -0.146. The average molecular weight is 308 g/mol. The molecule has 0 aromatic heterocycles. The van der Waals surface area contributed by atoms with Gasteiger partial charge in [0.25, 0.3) is 5.91 Å². The van der Waals surface area contributed by atoms with Crippen molar-refractivity contribution >= 4 is 17.8 Å².